The quantitative estimate of drug-likeness (QED) is 0.173. The van der Waals surface area contributed by atoms with E-state index in [1.54, 1.807) is 0 Å². The fourth-order valence-corrected chi connectivity index (χ4v) is 3.90. The van der Waals surface area contributed by atoms with Gasteiger partial charge in [-0.05, 0) is 24.1 Å². The van der Waals surface area contributed by atoms with Crippen molar-refractivity contribution in [1.82, 2.24) is 0 Å². The Morgan fingerprint density at radius 1 is 0.771 bits per heavy atom. The number of hydrogen-bond acceptors (Lipinski definition) is 12. The Labute approximate surface area is 198 Å². The fraction of sp³-hybridized carbons (Fsp3) is 0.318. The molecule has 186 valence electrons. The minimum Gasteiger partial charge on any atom is -0.468 e. The Balaban J connectivity index is 3.30. The van der Waals surface area contributed by atoms with Crippen molar-refractivity contribution in [1.29, 1.82) is 0 Å². The van der Waals surface area contributed by atoms with E-state index in [1.165, 1.54) is 6.92 Å². The summed E-state index contributed by atoms with van der Waals surface area (Å²) in [5, 5.41) is 11.2. The van der Waals surface area contributed by atoms with Gasteiger partial charge in [0.2, 0.25) is 5.41 Å². The second-order valence-corrected chi connectivity index (χ2v) is 6.96. The molecule has 0 fully saturated rings. The van der Waals surface area contributed by atoms with Crippen molar-refractivity contribution in [3.8, 4) is 0 Å². The van der Waals surface area contributed by atoms with E-state index >= 15 is 0 Å². The second kappa shape index (κ2) is 10.2. The van der Waals surface area contributed by atoms with Crippen LogP contribution in [0.5, 0.6) is 0 Å². The first-order valence-corrected chi connectivity index (χ1v) is 9.66. The van der Waals surface area contributed by atoms with E-state index in [0.717, 1.165) is 53.7 Å². The Morgan fingerprint density at radius 3 is 1.66 bits per heavy atom. The minimum atomic E-state index is -2.86. The third-order valence-corrected chi connectivity index (χ3v) is 5.34. The molecule has 13 nitrogen and oxygen atoms in total. The molecule has 0 N–H and O–H groups in total. The topological polar surface area (TPSA) is 175 Å². The number of nitro benzene ring substituents is 1. The van der Waals surface area contributed by atoms with Gasteiger partial charge in [0.1, 0.15) is 0 Å². The molecule has 0 amide bonds. The molecule has 1 aliphatic carbocycles. The first kappa shape index (κ1) is 26.7. The molecular formula is C22H21NO12. The molecule has 2 rings (SSSR count). The molecule has 0 bridgehead atoms. The van der Waals surface area contributed by atoms with Gasteiger partial charge in [0.05, 0.1) is 57.2 Å². The average molecular weight is 491 g/mol. The lowest BCUT2D eigenvalue weighted by Crippen LogP contribution is -2.45. The van der Waals surface area contributed by atoms with Crippen LogP contribution in [0.25, 0.3) is 5.57 Å². The zero-order valence-electron chi connectivity index (χ0n) is 19.6. The van der Waals surface area contributed by atoms with E-state index in [1.807, 2.05) is 0 Å². The van der Waals surface area contributed by atoms with E-state index in [2.05, 4.69) is 0 Å². The van der Waals surface area contributed by atoms with Gasteiger partial charge in [-0.15, -0.1) is 0 Å². The van der Waals surface area contributed by atoms with E-state index in [-0.39, 0.29) is 16.8 Å². The number of esters is 5. The molecule has 35 heavy (non-hydrogen) atoms. The normalized spacial score (nSPS) is 14.2. The summed E-state index contributed by atoms with van der Waals surface area (Å²) in [5.41, 5.74) is -6.11. The predicted octanol–water partition coefficient (Wildman–Crippen LogP) is 0.818. The number of rotatable bonds is 7. The van der Waals surface area contributed by atoms with Gasteiger partial charge in [0.15, 0.2) is 0 Å². The highest BCUT2D eigenvalue weighted by Gasteiger charge is 2.65. The number of hydrogen-bond donors (Lipinski definition) is 0. The average Bonchev–Trinajstić information content (AvgIpc) is 3.18. The third-order valence-electron chi connectivity index (χ3n) is 5.34. The lowest BCUT2D eigenvalue weighted by molar-refractivity contribution is -0.384. The second-order valence-electron chi connectivity index (χ2n) is 6.96. The summed E-state index contributed by atoms with van der Waals surface area (Å²) >= 11 is 0. The van der Waals surface area contributed by atoms with Crippen molar-refractivity contribution >= 4 is 41.1 Å². The maximum atomic E-state index is 13.3. The minimum absolute atomic E-state index is 0.0906. The Hall–Kier alpha value is -4.55. The van der Waals surface area contributed by atoms with Gasteiger partial charge in [-0.3, -0.25) is 19.7 Å². The van der Waals surface area contributed by atoms with E-state index in [0.29, 0.717) is 0 Å². The summed E-state index contributed by atoms with van der Waals surface area (Å²) < 4.78 is 23.9. The van der Waals surface area contributed by atoms with Crippen molar-refractivity contribution in [3.05, 3.63) is 56.2 Å². The number of benzene rings is 1. The van der Waals surface area contributed by atoms with Crippen LogP contribution < -0.4 is 0 Å². The van der Waals surface area contributed by atoms with Gasteiger partial charge in [0, 0.05) is 17.7 Å². The number of carbonyl (C=O) groups is 5. The molecule has 0 aliphatic heterocycles. The number of carbonyl (C=O) groups excluding carboxylic acids is 5. The maximum Gasteiger partial charge on any atom is 0.339 e. The number of ether oxygens (including phenoxy) is 5. The smallest absolute Gasteiger partial charge is 0.339 e. The molecular weight excluding hydrogens is 470 g/mol. The third kappa shape index (κ3) is 4.00. The number of non-ortho nitro benzene ring substituents is 1. The lowest BCUT2D eigenvalue weighted by atomic mass is 9.72. The van der Waals surface area contributed by atoms with Crippen molar-refractivity contribution < 1.29 is 52.6 Å². The summed E-state index contributed by atoms with van der Waals surface area (Å²) in [6, 6.07) is 3.28. The van der Waals surface area contributed by atoms with Gasteiger partial charge in [-0.1, -0.05) is 0 Å². The summed E-state index contributed by atoms with van der Waals surface area (Å²) in [7, 11) is 4.60. The van der Waals surface area contributed by atoms with Crippen molar-refractivity contribution in [3.63, 3.8) is 0 Å². The first-order chi connectivity index (χ1) is 16.5. The van der Waals surface area contributed by atoms with Crippen LogP contribution in [0.4, 0.5) is 5.69 Å². The Bertz CT molecular complexity index is 1190. The predicted molar refractivity (Wildman–Crippen MR) is 114 cm³/mol. The molecule has 1 aliphatic rings. The van der Waals surface area contributed by atoms with Crippen molar-refractivity contribution in [2.24, 2.45) is 5.41 Å². The van der Waals surface area contributed by atoms with Gasteiger partial charge in [0.25, 0.3) is 5.69 Å². The molecule has 1 aromatic rings. The SMILES string of the molecule is COC(=O)C1=C(C(=O)OC)C(C(=O)OC)(C(=O)OC)C(c2ccc([N+](=O)[O-])cc2C)=C1C(=O)OC. The zero-order valence-corrected chi connectivity index (χ0v) is 19.6. The van der Waals surface area contributed by atoms with Gasteiger partial charge in [-0.2, -0.15) is 0 Å². The Morgan fingerprint density at radius 2 is 1.26 bits per heavy atom. The molecule has 0 spiro atoms. The van der Waals surface area contributed by atoms with Gasteiger partial charge < -0.3 is 23.7 Å². The maximum absolute atomic E-state index is 13.3. The van der Waals surface area contributed by atoms with Crippen LogP contribution in [0.2, 0.25) is 0 Å². The number of nitrogens with zero attached hydrogens (tertiary/aromatic N) is 1. The van der Waals surface area contributed by atoms with Crippen LogP contribution in [0.1, 0.15) is 11.1 Å². The van der Waals surface area contributed by atoms with Crippen LogP contribution in [0.3, 0.4) is 0 Å². The molecule has 0 atom stereocenters. The van der Waals surface area contributed by atoms with Crippen LogP contribution in [-0.4, -0.2) is 70.3 Å². The largest absolute Gasteiger partial charge is 0.468 e. The molecule has 0 saturated heterocycles. The molecule has 0 heterocycles. The van der Waals surface area contributed by atoms with Crippen molar-refractivity contribution in [2.75, 3.05) is 35.5 Å². The zero-order chi connectivity index (χ0) is 26.7. The Kier molecular flexibility index (Phi) is 7.75. The summed E-state index contributed by atoms with van der Waals surface area (Å²) in [6.07, 6.45) is 0. The first-order valence-electron chi connectivity index (χ1n) is 9.66. The number of nitro groups is 1. The molecule has 1 aromatic carbocycles. The monoisotopic (exact) mass is 491 g/mol. The number of methoxy groups -OCH3 is 5. The van der Waals surface area contributed by atoms with Crippen LogP contribution >= 0.6 is 0 Å². The lowest BCUT2D eigenvalue weighted by Gasteiger charge is -2.29. The highest BCUT2D eigenvalue weighted by Crippen LogP contribution is 2.55. The highest BCUT2D eigenvalue weighted by molar-refractivity contribution is 6.32. The molecule has 13 heteroatoms. The van der Waals surface area contributed by atoms with Crippen LogP contribution in [0.15, 0.2) is 34.9 Å². The molecule has 0 unspecified atom stereocenters. The summed E-state index contributed by atoms with van der Waals surface area (Å²) in [5.74, 6) is -6.67. The summed E-state index contributed by atoms with van der Waals surface area (Å²) in [6.45, 7) is 1.39. The van der Waals surface area contributed by atoms with Gasteiger partial charge >= 0.3 is 29.8 Å². The summed E-state index contributed by atoms with van der Waals surface area (Å²) in [4.78, 5) is 76.1. The number of aryl methyl sites for hydroxylation is 1. The van der Waals surface area contributed by atoms with Gasteiger partial charge in [-0.25, -0.2) is 14.4 Å². The van der Waals surface area contributed by atoms with E-state index < -0.39 is 62.5 Å². The molecule has 0 saturated carbocycles. The molecule has 0 radical (unpaired) electrons. The van der Waals surface area contributed by atoms with Crippen LogP contribution in [-0.2, 0) is 47.7 Å². The highest BCUT2D eigenvalue weighted by atomic mass is 16.6. The van der Waals surface area contributed by atoms with Crippen LogP contribution in [0, 0.1) is 22.5 Å². The van der Waals surface area contributed by atoms with Crippen molar-refractivity contribution in [2.45, 2.75) is 6.92 Å². The fourth-order valence-electron chi connectivity index (χ4n) is 3.90. The van der Waals surface area contributed by atoms with E-state index in [9.17, 15) is 34.1 Å². The molecule has 0 aromatic heterocycles. The standard InChI is InChI=1S/C22H21NO12/c1-10-9-11(23(29)30)7-8-12(10)15-13(17(24)31-2)14(18(25)32-3)16(19(26)33-4)22(15,20(27)34-5)21(28)35-6/h7-9H,1-6H3. The van der Waals surface area contributed by atoms with E-state index in [4.69, 9.17) is 23.7 Å².